The van der Waals surface area contributed by atoms with Gasteiger partial charge in [-0.2, -0.15) is 0 Å². The standard InChI is InChI=1S/C15H12F2N2O3/c1-15(14(21)22,10-8-9(16)5-6-11(10)17)19-13(20)12-4-2-3-7-18-12/h2-8H,1H3,(H,19,20)(H,21,22). The Morgan fingerprint density at radius 3 is 2.55 bits per heavy atom. The molecule has 1 atom stereocenters. The molecule has 0 aliphatic carbocycles. The van der Waals surface area contributed by atoms with E-state index >= 15 is 0 Å². The molecular weight excluding hydrogens is 294 g/mol. The van der Waals surface area contributed by atoms with Crippen LogP contribution < -0.4 is 5.32 Å². The first-order chi connectivity index (χ1) is 10.3. The fraction of sp³-hybridized carbons (Fsp3) is 0.133. The molecule has 0 radical (unpaired) electrons. The van der Waals surface area contributed by atoms with Crippen LogP contribution in [0.4, 0.5) is 8.78 Å². The third kappa shape index (κ3) is 2.93. The molecule has 0 fully saturated rings. The molecule has 1 unspecified atom stereocenters. The van der Waals surface area contributed by atoms with Crippen molar-refractivity contribution in [3.05, 3.63) is 65.5 Å². The quantitative estimate of drug-likeness (QED) is 0.906. The molecule has 1 aromatic heterocycles. The zero-order chi connectivity index (χ0) is 16.3. The highest BCUT2D eigenvalue weighted by Crippen LogP contribution is 2.25. The Bertz CT molecular complexity index is 722. The van der Waals surface area contributed by atoms with Gasteiger partial charge >= 0.3 is 5.97 Å². The van der Waals surface area contributed by atoms with E-state index in [4.69, 9.17) is 0 Å². The maximum atomic E-state index is 13.9. The smallest absolute Gasteiger partial charge is 0.333 e. The van der Waals surface area contributed by atoms with E-state index in [1.54, 1.807) is 12.1 Å². The Kier molecular flexibility index (Phi) is 4.16. The lowest BCUT2D eigenvalue weighted by molar-refractivity contribution is -0.144. The van der Waals surface area contributed by atoms with Gasteiger partial charge in [0.2, 0.25) is 0 Å². The molecule has 114 valence electrons. The van der Waals surface area contributed by atoms with Gasteiger partial charge in [-0.05, 0) is 37.3 Å². The first kappa shape index (κ1) is 15.6. The van der Waals surface area contributed by atoms with Crippen molar-refractivity contribution in [1.82, 2.24) is 10.3 Å². The van der Waals surface area contributed by atoms with E-state index in [-0.39, 0.29) is 5.69 Å². The zero-order valence-corrected chi connectivity index (χ0v) is 11.5. The van der Waals surface area contributed by atoms with Crippen LogP contribution in [0.2, 0.25) is 0 Å². The van der Waals surface area contributed by atoms with Gasteiger partial charge in [0.1, 0.15) is 17.3 Å². The van der Waals surface area contributed by atoms with Crippen LogP contribution in [-0.4, -0.2) is 22.0 Å². The van der Waals surface area contributed by atoms with E-state index in [0.717, 1.165) is 25.1 Å². The summed E-state index contributed by atoms with van der Waals surface area (Å²) in [5, 5.41) is 11.6. The van der Waals surface area contributed by atoms with Crippen molar-refractivity contribution in [3.63, 3.8) is 0 Å². The lowest BCUT2D eigenvalue weighted by Crippen LogP contribution is -2.50. The molecule has 1 heterocycles. The molecule has 0 spiro atoms. The van der Waals surface area contributed by atoms with Crippen LogP contribution in [0.25, 0.3) is 0 Å². The minimum atomic E-state index is -2.14. The van der Waals surface area contributed by atoms with E-state index in [9.17, 15) is 23.5 Å². The van der Waals surface area contributed by atoms with Gasteiger partial charge in [-0.3, -0.25) is 9.78 Å². The normalized spacial score (nSPS) is 13.2. The number of hydrogen-bond acceptors (Lipinski definition) is 3. The summed E-state index contributed by atoms with van der Waals surface area (Å²) in [5.41, 5.74) is -2.66. The molecule has 0 bridgehead atoms. The molecule has 2 N–H and O–H groups in total. The number of carboxylic acids is 1. The first-order valence-corrected chi connectivity index (χ1v) is 6.27. The fourth-order valence-corrected chi connectivity index (χ4v) is 1.90. The van der Waals surface area contributed by atoms with E-state index in [1.807, 2.05) is 0 Å². The third-order valence-electron chi connectivity index (χ3n) is 3.16. The van der Waals surface area contributed by atoms with Crippen LogP contribution in [0.1, 0.15) is 23.0 Å². The molecule has 0 saturated heterocycles. The minimum absolute atomic E-state index is 0.0354. The van der Waals surface area contributed by atoms with Crippen molar-refractivity contribution in [2.75, 3.05) is 0 Å². The Hall–Kier alpha value is -2.83. The number of nitrogens with zero attached hydrogens (tertiary/aromatic N) is 1. The van der Waals surface area contributed by atoms with Crippen LogP contribution in [-0.2, 0) is 10.3 Å². The number of hydrogen-bond donors (Lipinski definition) is 2. The summed E-state index contributed by atoms with van der Waals surface area (Å²) in [6, 6.07) is 6.91. The number of pyridine rings is 1. The zero-order valence-electron chi connectivity index (χ0n) is 11.5. The van der Waals surface area contributed by atoms with Crippen molar-refractivity contribution in [1.29, 1.82) is 0 Å². The highest BCUT2D eigenvalue weighted by atomic mass is 19.1. The van der Waals surface area contributed by atoms with E-state index in [1.165, 1.54) is 12.3 Å². The van der Waals surface area contributed by atoms with E-state index in [2.05, 4.69) is 10.3 Å². The number of rotatable bonds is 4. The molecule has 1 amide bonds. The van der Waals surface area contributed by atoms with Gasteiger partial charge in [0.15, 0.2) is 5.54 Å². The summed E-state index contributed by atoms with van der Waals surface area (Å²) in [6.45, 7) is 1.08. The van der Waals surface area contributed by atoms with Crippen molar-refractivity contribution in [2.24, 2.45) is 0 Å². The van der Waals surface area contributed by atoms with Crippen LogP contribution >= 0.6 is 0 Å². The maximum absolute atomic E-state index is 13.9. The molecule has 2 rings (SSSR count). The average molecular weight is 306 g/mol. The van der Waals surface area contributed by atoms with Crippen LogP contribution in [0.15, 0.2) is 42.6 Å². The predicted octanol–water partition coefficient (Wildman–Crippen LogP) is 2.09. The van der Waals surface area contributed by atoms with Gasteiger partial charge in [-0.15, -0.1) is 0 Å². The molecule has 0 aliphatic heterocycles. The summed E-state index contributed by atoms with van der Waals surface area (Å²) in [4.78, 5) is 27.4. The minimum Gasteiger partial charge on any atom is -0.479 e. The fourth-order valence-electron chi connectivity index (χ4n) is 1.90. The second-order valence-corrected chi connectivity index (χ2v) is 4.72. The van der Waals surface area contributed by atoms with Gasteiger partial charge in [0.25, 0.3) is 5.91 Å². The average Bonchev–Trinajstić information content (AvgIpc) is 2.50. The number of amides is 1. The number of carboxylic acid groups (broad SMARTS) is 1. The number of carbonyl (C=O) groups excluding carboxylic acids is 1. The second-order valence-electron chi connectivity index (χ2n) is 4.72. The Labute approximate surface area is 124 Å². The van der Waals surface area contributed by atoms with Crippen LogP contribution in [0.3, 0.4) is 0 Å². The van der Waals surface area contributed by atoms with Crippen LogP contribution in [0, 0.1) is 11.6 Å². The summed E-state index contributed by atoms with van der Waals surface area (Å²) < 4.78 is 27.2. The molecule has 22 heavy (non-hydrogen) atoms. The van der Waals surface area contributed by atoms with Gasteiger partial charge in [-0.1, -0.05) is 6.07 Å². The molecular formula is C15H12F2N2O3. The van der Waals surface area contributed by atoms with Crippen molar-refractivity contribution in [3.8, 4) is 0 Å². The number of benzene rings is 1. The molecule has 0 saturated carbocycles. The lowest BCUT2D eigenvalue weighted by Gasteiger charge is -2.27. The van der Waals surface area contributed by atoms with E-state index < -0.39 is 34.6 Å². The summed E-state index contributed by atoms with van der Waals surface area (Å²) in [5.74, 6) is -4.08. The van der Waals surface area contributed by atoms with Crippen molar-refractivity contribution < 1.29 is 23.5 Å². The SMILES string of the molecule is CC(NC(=O)c1ccccn1)(C(=O)O)c1cc(F)ccc1F. The molecule has 5 nitrogen and oxygen atoms in total. The van der Waals surface area contributed by atoms with E-state index in [0.29, 0.717) is 0 Å². The number of aromatic nitrogens is 1. The van der Waals surface area contributed by atoms with Crippen molar-refractivity contribution >= 4 is 11.9 Å². The summed E-state index contributed by atoms with van der Waals surface area (Å²) in [6.07, 6.45) is 1.36. The van der Waals surface area contributed by atoms with Gasteiger partial charge < -0.3 is 10.4 Å². The number of nitrogens with one attached hydrogen (secondary N) is 1. The highest BCUT2D eigenvalue weighted by molar-refractivity contribution is 5.96. The van der Waals surface area contributed by atoms with Gasteiger partial charge in [0.05, 0.1) is 0 Å². The van der Waals surface area contributed by atoms with Crippen LogP contribution in [0.5, 0.6) is 0 Å². The second kappa shape index (κ2) is 5.88. The largest absolute Gasteiger partial charge is 0.479 e. The third-order valence-corrected chi connectivity index (χ3v) is 3.16. The molecule has 2 aromatic rings. The van der Waals surface area contributed by atoms with Gasteiger partial charge in [-0.25, -0.2) is 13.6 Å². The highest BCUT2D eigenvalue weighted by Gasteiger charge is 2.40. The summed E-state index contributed by atoms with van der Waals surface area (Å²) in [7, 11) is 0. The predicted molar refractivity (Wildman–Crippen MR) is 73.0 cm³/mol. The Balaban J connectivity index is 2.43. The summed E-state index contributed by atoms with van der Waals surface area (Å²) >= 11 is 0. The lowest BCUT2D eigenvalue weighted by atomic mass is 9.91. The van der Waals surface area contributed by atoms with Crippen molar-refractivity contribution in [2.45, 2.75) is 12.5 Å². The monoisotopic (exact) mass is 306 g/mol. The first-order valence-electron chi connectivity index (χ1n) is 6.27. The number of halogens is 2. The topological polar surface area (TPSA) is 79.3 Å². The number of aliphatic carboxylic acids is 1. The Morgan fingerprint density at radius 2 is 1.95 bits per heavy atom. The molecule has 1 aromatic carbocycles. The Morgan fingerprint density at radius 1 is 1.23 bits per heavy atom. The molecule has 7 heteroatoms. The van der Waals surface area contributed by atoms with Gasteiger partial charge in [0, 0.05) is 11.8 Å². The molecule has 0 aliphatic rings. The maximum Gasteiger partial charge on any atom is 0.333 e. The number of carbonyl (C=O) groups is 2.